The molecule has 21 heavy (non-hydrogen) atoms. The van der Waals surface area contributed by atoms with E-state index in [-0.39, 0.29) is 0 Å². The molecule has 0 unspecified atom stereocenters. The fourth-order valence-electron chi connectivity index (χ4n) is 2.80. The SMILES string of the molecule is COc1ccccc1C1CC(NCCOCCC(C)C)C1. The Morgan fingerprint density at radius 1 is 1.19 bits per heavy atom. The third kappa shape index (κ3) is 5.01. The summed E-state index contributed by atoms with van der Waals surface area (Å²) in [7, 11) is 1.75. The van der Waals surface area contributed by atoms with E-state index in [1.54, 1.807) is 7.11 Å². The highest BCUT2D eigenvalue weighted by Crippen LogP contribution is 2.40. The van der Waals surface area contributed by atoms with Crippen molar-refractivity contribution < 1.29 is 9.47 Å². The third-order valence-corrected chi connectivity index (χ3v) is 4.24. The van der Waals surface area contributed by atoms with Crippen LogP contribution in [0.2, 0.25) is 0 Å². The molecular formula is C18H29NO2. The summed E-state index contributed by atoms with van der Waals surface area (Å²) in [5.41, 5.74) is 1.35. The minimum atomic E-state index is 0.633. The highest BCUT2D eigenvalue weighted by atomic mass is 16.5. The summed E-state index contributed by atoms with van der Waals surface area (Å²) in [6.07, 6.45) is 3.55. The average Bonchev–Trinajstić information content (AvgIpc) is 2.44. The van der Waals surface area contributed by atoms with Crippen LogP contribution in [0.1, 0.15) is 44.6 Å². The first-order chi connectivity index (χ1) is 10.2. The van der Waals surface area contributed by atoms with Gasteiger partial charge in [-0.1, -0.05) is 32.0 Å². The molecule has 118 valence electrons. The molecule has 1 fully saturated rings. The standard InChI is InChI=1S/C18H29NO2/c1-14(2)8-10-21-11-9-19-16-12-15(13-16)17-6-4-5-7-18(17)20-3/h4-7,14-16,19H,8-13H2,1-3H3. The van der Waals surface area contributed by atoms with Gasteiger partial charge in [0.15, 0.2) is 0 Å². The van der Waals surface area contributed by atoms with Gasteiger partial charge in [0, 0.05) is 19.2 Å². The van der Waals surface area contributed by atoms with E-state index in [2.05, 4.69) is 37.4 Å². The molecule has 0 aromatic heterocycles. The van der Waals surface area contributed by atoms with Crippen LogP contribution in [-0.2, 0) is 4.74 Å². The Labute approximate surface area is 129 Å². The van der Waals surface area contributed by atoms with E-state index in [0.717, 1.165) is 37.8 Å². The molecule has 0 amide bonds. The van der Waals surface area contributed by atoms with Gasteiger partial charge in [0.05, 0.1) is 13.7 Å². The average molecular weight is 291 g/mol. The normalized spacial score (nSPS) is 21.3. The number of hydrogen-bond acceptors (Lipinski definition) is 3. The zero-order valence-electron chi connectivity index (χ0n) is 13.6. The number of ether oxygens (including phenoxy) is 2. The predicted molar refractivity (Wildman–Crippen MR) is 87.0 cm³/mol. The quantitative estimate of drug-likeness (QED) is 0.705. The zero-order chi connectivity index (χ0) is 15.1. The van der Waals surface area contributed by atoms with Crippen LogP contribution in [-0.4, -0.2) is 32.9 Å². The minimum absolute atomic E-state index is 0.633. The Morgan fingerprint density at radius 2 is 1.95 bits per heavy atom. The van der Waals surface area contributed by atoms with Crippen LogP contribution in [0.4, 0.5) is 0 Å². The Kier molecular flexibility index (Phi) is 6.52. The maximum Gasteiger partial charge on any atom is 0.122 e. The van der Waals surface area contributed by atoms with Gasteiger partial charge in [-0.05, 0) is 42.7 Å². The lowest BCUT2D eigenvalue weighted by Gasteiger charge is -2.37. The molecule has 1 aliphatic carbocycles. The van der Waals surface area contributed by atoms with E-state index in [0.29, 0.717) is 12.0 Å². The molecule has 1 aliphatic rings. The first-order valence-corrected chi connectivity index (χ1v) is 8.14. The number of hydrogen-bond donors (Lipinski definition) is 1. The van der Waals surface area contributed by atoms with E-state index in [9.17, 15) is 0 Å². The van der Waals surface area contributed by atoms with Crippen molar-refractivity contribution in [2.24, 2.45) is 5.92 Å². The number of nitrogens with one attached hydrogen (secondary N) is 1. The maximum absolute atomic E-state index is 5.63. The molecule has 0 bridgehead atoms. The van der Waals surface area contributed by atoms with Crippen LogP contribution in [0.15, 0.2) is 24.3 Å². The van der Waals surface area contributed by atoms with Crippen LogP contribution < -0.4 is 10.1 Å². The monoisotopic (exact) mass is 291 g/mol. The molecule has 2 rings (SSSR count). The number of para-hydroxylation sites is 1. The Balaban J connectivity index is 1.59. The highest BCUT2D eigenvalue weighted by Gasteiger charge is 2.31. The summed E-state index contributed by atoms with van der Waals surface area (Å²) in [5, 5.41) is 3.58. The molecule has 1 aromatic rings. The van der Waals surface area contributed by atoms with Gasteiger partial charge < -0.3 is 14.8 Å². The third-order valence-electron chi connectivity index (χ3n) is 4.24. The van der Waals surface area contributed by atoms with Crippen LogP contribution in [0.3, 0.4) is 0 Å². The fourth-order valence-corrected chi connectivity index (χ4v) is 2.80. The highest BCUT2D eigenvalue weighted by molar-refractivity contribution is 5.37. The van der Waals surface area contributed by atoms with Gasteiger partial charge in [-0.3, -0.25) is 0 Å². The topological polar surface area (TPSA) is 30.5 Å². The molecule has 3 nitrogen and oxygen atoms in total. The van der Waals surface area contributed by atoms with Crippen molar-refractivity contribution in [3.8, 4) is 5.75 Å². The molecule has 1 aromatic carbocycles. The lowest BCUT2D eigenvalue weighted by molar-refractivity contribution is 0.119. The van der Waals surface area contributed by atoms with Gasteiger partial charge in [-0.2, -0.15) is 0 Å². The van der Waals surface area contributed by atoms with Crippen molar-refractivity contribution in [1.29, 1.82) is 0 Å². The van der Waals surface area contributed by atoms with Crippen molar-refractivity contribution in [2.75, 3.05) is 26.9 Å². The van der Waals surface area contributed by atoms with E-state index >= 15 is 0 Å². The van der Waals surface area contributed by atoms with Crippen molar-refractivity contribution in [3.63, 3.8) is 0 Å². The first kappa shape index (κ1) is 16.3. The summed E-state index contributed by atoms with van der Waals surface area (Å²) >= 11 is 0. The summed E-state index contributed by atoms with van der Waals surface area (Å²) in [6.45, 7) is 7.12. The van der Waals surface area contributed by atoms with Gasteiger partial charge in [0.25, 0.3) is 0 Å². The molecular weight excluding hydrogens is 262 g/mol. The Hall–Kier alpha value is -1.06. The maximum atomic E-state index is 5.63. The second-order valence-corrected chi connectivity index (χ2v) is 6.36. The molecule has 0 spiro atoms. The predicted octanol–water partition coefficient (Wildman–Crippen LogP) is 3.59. The molecule has 3 heteroatoms. The molecule has 0 saturated heterocycles. The zero-order valence-corrected chi connectivity index (χ0v) is 13.6. The van der Waals surface area contributed by atoms with Crippen LogP contribution in [0, 0.1) is 5.92 Å². The lowest BCUT2D eigenvalue weighted by atomic mass is 9.75. The molecule has 1 saturated carbocycles. The van der Waals surface area contributed by atoms with Gasteiger partial charge in [-0.25, -0.2) is 0 Å². The Bertz CT molecular complexity index is 413. The van der Waals surface area contributed by atoms with Gasteiger partial charge in [-0.15, -0.1) is 0 Å². The number of methoxy groups -OCH3 is 1. The molecule has 0 aliphatic heterocycles. The number of rotatable bonds is 9. The largest absolute Gasteiger partial charge is 0.496 e. The summed E-state index contributed by atoms with van der Waals surface area (Å²) in [6, 6.07) is 9.01. The van der Waals surface area contributed by atoms with Crippen molar-refractivity contribution in [3.05, 3.63) is 29.8 Å². The molecule has 0 heterocycles. The van der Waals surface area contributed by atoms with Crippen LogP contribution in [0.5, 0.6) is 5.75 Å². The first-order valence-electron chi connectivity index (χ1n) is 8.14. The van der Waals surface area contributed by atoms with Crippen molar-refractivity contribution in [2.45, 2.75) is 45.1 Å². The van der Waals surface area contributed by atoms with E-state index in [1.165, 1.54) is 18.4 Å². The van der Waals surface area contributed by atoms with Crippen molar-refractivity contribution >= 4 is 0 Å². The van der Waals surface area contributed by atoms with E-state index in [1.807, 2.05) is 6.07 Å². The van der Waals surface area contributed by atoms with Gasteiger partial charge in [0.1, 0.15) is 5.75 Å². The summed E-state index contributed by atoms with van der Waals surface area (Å²) in [5.74, 6) is 2.39. The molecule has 0 radical (unpaired) electrons. The second kappa shape index (κ2) is 8.40. The number of benzene rings is 1. The van der Waals surface area contributed by atoms with E-state index < -0.39 is 0 Å². The summed E-state index contributed by atoms with van der Waals surface area (Å²) < 4.78 is 11.1. The molecule has 0 atom stereocenters. The van der Waals surface area contributed by atoms with Gasteiger partial charge in [0.2, 0.25) is 0 Å². The lowest BCUT2D eigenvalue weighted by Crippen LogP contribution is -2.41. The van der Waals surface area contributed by atoms with E-state index in [4.69, 9.17) is 9.47 Å². The summed E-state index contributed by atoms with van der Waals surface area (Å²) in [4.78, 5) is 0. The van der Waals surface area contributed by atoms with Crippen LogP contribution >= 0.6 is 0 Å². The van der Waals surface area contributed by atoms with Crippen LogP contribution in [0.25, 0.3) is 0 Å². The Morgan fingerprint density at radius 3 is 2.67 bits per heavy atom. The van der Waals surface area contributed by atoms with Crippen molar-refractivity contribution in [1.82, 2.24) is 5.32 Å². The molecule has 1 N–H and O–H groups in total. The fraction of sp³-hybridized carbons (Fsp3) is 0.667. The minimum Gasteiger partial charge on any atom is -0.496 e. The smallest absolute Gasteiger partial charge is 0.122 e. The second-order valence-electron chi connectivity index (χ2n) is 6.36. The van der Waals surface area contributed by atoms with Gasteiger partial charge >= 0.3 is 0 Å².